The molecule has 2 aromatic rings. The zero-order chi connectivity index (χ0) is 13.2. The van der Waals surface area contributed by atoms with E-state index in [0.29, 0.717) is 24.4 Å². The van der Waals surface area contributed by atoms with Crippen molar-refractivity contribution in [2.45, 2.75) is 0 Å². The Bertz CT molecular complexity index is 616. The first-order chi connectivity index (χ1) is 9.25. The monoisotopic (exact) mass is 258 g/mol. The van der Waals surface area contributed by atoms with Gasteiger partial charge in [0.15, 0.2) is 0 Å². The summed E-state index contributed by atoms with van der Waals surface area (Å²) in [6, 6.07) is 7.51. The molecule has 96 valence electrons. The summed E-state index contributed by atoms with van der Waals surface area (Å²) in [5, 5.41) is 0. The van der Waals surface area contributed by atoms with Gasteiger partial charge < -0.3 is 9.64 Å². The molecule has 0 N–H and O–H groups in total. The van der Waals surface area contributed by atoms with Crippen LogP contribution < -0.4 is 9.64 Å². The van der Waals surface area contributed by atoms with Crippen LogP contribution in [0.2, 0.25) is 0 Å². The second-order valence-corrected chi connectivity index (χ2v) is 4.16. The molecule has 0 atom stereocenters. The number of anilines is 1. The summed E-state index contributed by atoms with van der Waals surface area (Å²) >= 11 is 0. The number of carbonyl (C=O) groups excluding carboxylic acids is 1. The zero-order valence-electron chi connectivity index (χ0n) is 10.0. The lowest BCUT2D eigenvalue weighted by Gasteiger charge is -2.19. The first-order valence-corrected chi connectivity index (χ1v) is 5.90. The Balaban J connectivity index is 2.02. The molecular weight excluding hydrogens is 247 g/mol. The van der Waals surface area contributed by atoms with Gasteiger partial charge in [0.05, 0.1) is 24.0 Å². The molecular formula is C14H11FN2O2. The topological polar surface area (TPSA) is 42.4 Å². The first-order valence-electron chi connectivity index (χ1n) is 5.90. The molecule has 0 saturated carbocycles. The molecule has 5 heteroatoms. The Labute approximate surface area is 109 Å². The number of aromatic nitrogens is 1. The quantitative estimate of drug-likeness (QED) is 0.788. The number of hydrogen-bond donors (Lipinski definition) is 0. The molecule has 0 fully saturated rings. The van der Waals surface area contributed by atoms with E-state index in [-0.39, 0.29) is 11.7 Å². The number of carbonyl (C=O) groups is 1. The summed E-state index contributed by atoms with van der Waals surface area (Å²) in [6.45, 7) is 0.720. The lowest BCUT2D eigenvalue weighted by Crippen LogP contribution is -2.32. The number of halogens is 1. The maximum Gasteiger partial charge on any atom is 0.262 e. The third-order valence-corrected chi connectivity index (χ3v) is 2.95. The highest BCUT2D eigenvalue weighted by atomic mass is 19.1. The van der Waals surface area contributed by atoms with Crippen molar-refractivity contribution in [3.8, 4) is 5.75 Å². The SMILES string of the molecule is O=C1c2ccc(F)cc2OCCN1c1cccnc1. The minimum atomic E-state index is -0.415. The Kier molecular flexibility index (Phi) is 2.87. The molecule has 1 aliphatic heterocycles. The van der Waals surface area contributed by atoms with E-state index in [9.17, 15) is 9.18 Å². The number of rotatable bonds is 1. The number of amides is 1. The number of hydrogen-bond acceptors (Lipinski definition) is 3. The molecule has 0 bridgehead atoms. The van der Waals surface area contributed by atoms with E-state index in [4.69, 9.17) is 4.74 Å². The fourth-order valence-electron chi connectivity index (χ4n) is 2.05. The fourth-order valence-corrected chi connectivity index (χ4v) is 2.05. The summed E-state index contributed by atoms with van der Waals surface area (Å²) in [7, 11) is 0. The molecule has 0 saturated heterocycles. The minimum Gasteiger partial charge on any atom is -0.491 e. The Morgan fingerprint density at radius 3 is 3.00 bits per heavy atom. The van der Waals surface area contributed by atoms with Crippen molar-refractivity contribution in [1.29, 1.82) is 0 Å². The highest BCUT2D eigenvalue weighted by molar-refractivity contribution is 6.08. The molecule has 1 amide bonds. The molecule has 0 spiro atoms. The van der Waals surface area contributed by atoms with Crippen LogP contribution in [0.4, 0.5) is 10.1 Å². The highest BCUT2D eigenvalue weighted by Gasteiger charge is 2.24. The van der Waals surface area contributed by atoms with E-state index in [0.717, 1.165) is 0 Å². The third-order valence-electron chi connectivity index (χ3n) is 2.95. The van der Waals surface area contributed by atoms with Crippen LogP contribution in [0.1, 0.15) is 10.4 Å². The number of fused-ring (bicyclic) bond motifs is 1. The van der Waals surface area contributed by atoms with Gasteiger partial charge in [0.1, 0.15) is 18.2 Å². The maximum absolute atomic E-state index is 13.2. The average molecular weight is 258 g/mol. The van der Waals surface area contributed by atoms with E-state index in [1.54, 1.807) is 29.4 Å². The van der Waals surface area contributed by atoms with Crippen LogP contribution in [0.25, 0.3) is 0 Å². The second-order valence-electron chi connectivity index (χ2n) is 4.16. The van der Waals surface area contributed by atoms with Gasteiger partial charge in [-0.15, -0.1) is 0 Å². The lowest BCUT2D eigenvalue weighted by atomic mass is 10.1. The van der Waals surface area contributed by atoms with E-state index in [1.807, 2.05) is 0 Å². The van der Waals surface area contributed by atoms with E-state index in [2.05, 4.69) is 4.98 Å². The maximum atomic E-state index is 13.2. The van der Waals surface area contributed by atoms with Crippen LogP contribution in [0.5, 0.6) is 5.75 Å². The molecule has 1 aromatic heterocycles. The lowest BCUT2D eigenvalue weighted by molar-refractivity contribution is 0.0989. The molecule has 19 heavy (non-hydrogen) atoms. The standard InChI is InChI=1S/C14H11FN2O2/c15-10-3-4-12-13(8-10)19-7-6-17(14(12)18)11-2-1-5-16-9-11/h1-5,8-9H,6-7H2. The number of nitrogens with zero attached hydrogens (tertiary/aromatic N) is 2. The van der Waals surface area contributed by atoms with Crippen molar-refractivity contribution < 1.29 is 13.9 Å². The van der Waals surface area contributed by atoms with E-state index >= 15 is 0 Å². The van der Waals surface area contributed by atoms with Crippen molar-refractivity contribution in [2.75, 3.05) is 18.1 Å². The Morgan fingerprint density at radius 1 is 1.32 bits per heavy atom. The zero-order valence-corrected chi connectivity index (χ0v) is 10.0. The Hall–Kier alpha value is -2.43. The Morgan fingerprint density at radius 2 is 2.21 bits per heavy atom. The molecule has 0 aliphatic carbocycles. The number of ether oxygens (including phenoxy) is 1. The smallest absolute Gasteiger partial charge is 0.262 e. The summed E-state index contributed by atoms with van der Waals surface area (Å²) in [4.78, 5) is 18.0. The van der Waals surface area contributed by atoms with Gasteiger partial charge in [-0.3, -0.25) is 9.78 Å². The number of pyridine rings is 1. The van der Waals surface area contributed by atoms with Gasteiger partial charge >= 0.3 is 0 Å². The largest absolute Gasteiger partial charge is 0.491 e. The van der Waals surface area contributed by atoms with Crippen LogP contribution in [0.3, 0.4) is 0 Å². The van der Waals surface area contributed by atoms with E-state index in [1.165, 1.54) is 18.2 Å². The molecule has 1 aromatic carbocycles. The van der Waals surface area contributed by atoms with Crippen LogP contribution in [0, 0.1) is 5.82 Å². The van der Waals surface area contributed by atoms with Crippen LogP contribution in [-0.4, -0.2) is 24.0 Å². The molecule has 0 unspecified atom stereocenters. The van der Waals surface area contributed by atoms with Gasteiger partial charge in [-0.2, -0.15) is 0 Å². The molecule has 4 nitrogen and oxygen atoms in total. The van der Waals surface area contributed by atoms with Crippen molar-refractivity contribution in [3.05, 3.63) is 54.1 Å². The highest BCUT2D eigenvalue weighted by Crippen LogP contribution is 2.26. The molecule has 2 heterocycles. The van der Waals surface area contributed by atoms with Gasteiger partial charge in [0, 0.05) is 12.3 Å². The van der Waals surface area contributed by atoms with Crippen molar-refractivity contribution >= 4 is 11.6 Å². The van der Waals surface area contributed by atoms with Crippen LogP contribution in [0.15, 0.2) is 42.7 Å². The van der Waals surface area contributed by atoms with Crippen molar-refractivity contribution in [2.24, 2.45) is 0 Å². The first kappa shape index (κ1) is 11.6. The molecule has 0 radical (unpaired) electrons. The van der Waals surface area contributed by atoms with Gasteiger partial charge in [-0.1, -0.05) is 0 Å². The third kappa shape index (κ3) is 2.14. The summed E-state index contributed by atoms with van der Waals surface area (Å²) in [5.41, 5.74) is 1.07. The number of benzene rings is 1. The van der Waals surface area contributed by atoms with Crippen molar-refractivity contribution in [3.63, 3.8) is 0 Å². The molecule has 3 rings (SSSR count). The fraction of sp³-hybridized carbons (Fsp3) is 0.143. The second kappa shape index (κ2) is 4.68. The van der Waals surface area contributed by atoms with Crippen LogP contribution >= 0.6 is 0 Å². The summed E-state index contributed by atoms with van der Waals surface area (Å²) < 4.78 is 18.6. The summed E-state index contributed by atoms with van der Waals surface area (Å²) in [5.74, 6) is -0.335. The predicted molar refractivity (Wildman–Crippen MR) is 67.8 cm³/mol. The van der Waals surface area contributed by atoms with Gasteiger partial charge in [0.2, 0.25) is 0 Å². The van der Waals surface area contributed by atoms with Gasteiger partial charge in [0.25, 0.3) is 5.91 Å². The van der Waals surface area contributed by atoms with Gasteiger partial charge in [-0.05, 0) is 24.3 Å². The molecule has 1 aliphatic rings. The van der Waals surface area contributed by atoms with Gasteiger partial charge in [-0.25, -0.2) is 4.39 Å². The average Bonchev–Trinajstić information content (AvgIpc) is 2.59. The predicted octanol–water partition coefficient (Wildman–Crippen LogP) is 2.26. The van der Waals surface area contributed by atoms with E-state index < -0.39 is 5.82 Å². The van der Waals surface area contributed by atoms with Crippen molar-refractivity contribution in [1.82, 2.24) is 4.98 Å². The minimum absolute atomic E-state index is 0.208. The summed E-state index contributed by atoms with van der Waals surface area (Å²) in [6.07, 6.45) is 3.26. The normalized spacial score (nSPS) is 14.6. The van der Waals surface area contributed by atoms with Crippen LogP contribution in [-0.2, 0) is 0 Å².